The molecule has 0 saturated heterocycles. The van der Waals surface area contributed by atoms with Crippen molar-refractivity contribution in [1.82, 2.24) is 10.3 Å². The van der Waals surface area contributed by atoms with Gasteiger partial charge in [0.25, 0.3) is 5.91 Å². The molecule has 1 N–H and O–H groups in total. The Morgan fingerprint density at radius 2 is 1.85 bits per heavy atom. The average Bonchev–Trinajstić information content (AvgIpc) is 3.60. The molecule has 1 aliphatic carbocycles. The van der Waals surface area contributed by atoms with Gasteiger partial charge in [0.2, 0.25) is 5.89 Å². The van der Waals surface area contributed by atoms with Gasteiger partial charge in [0.15, 0.2) is 0 Å². The first kappa shape index (κ1) is 21.6. The Morgan fingerprint density at radius 1 is 1.12 bits per heavy atom. The fourth-order valence-electron chi connectivity index (χ4n) is 3.96. The lowest BCUT2D eigenvalue weighted by atomic mass is 9.96. The smallest absolute Gasteiger partial charge is 0.251 e. The molecular formula is C28H22FN3O2. The molecule has 1 unspecified atom stereocenters. The molecule has 6 heteroatoms. The van der Waals surface area contributed by atoms with E-state index in [2.05, 4.69) is 16.4 Å². The van der Waals surface area contributed by atoms with Crippen LogP contribution in [0.5, 0.6) is 0 Å². The van der Waals surface area contributed by atoms with Crippen molar-refractivity contribution in [3.05, 3.63) is 101 Å². The van der Waals surface area contributed by atoms with Crippen molar-refractivity contribution >= 4 is 5.91 Å². The zero-order valence-corrected chi connectivity index (χ0v) is 18.6. The Labute approximate surface area is 196 Å². The van der Waals surface area contributed by atoms with Crippen LogP contribution >= 0.6 is 0 Å². The summed E-state index contributed by atoms with van der Waals surface area (Å²) >= 11 is 0. The van der Waals surface area contributed by atoms with E-state index in [0.717, 1.165) is 35.3 Å². The predicted octanol–water partition coefficient (Wildman–Crippen LogP) is 6.39. The summed E-state index contributed by atoms with van der Waals surface area (Å²) in [6.45, 7) is 1.84. The van der Waals surface area contributed by atoms with Gasteiger partial charge in [-0.15, -0.1) is 0 Å². The lowest BCUT2D eigenvalue weighted by Crippen LogP contribution is -2.26. The quantitative estimate of drug-likeness (QED) is 0.368. The summed E-state index contributed by atoms with van der Waals surface area (Å²) in [5.41, 5.74) is 3.83. The van der Waals surface area contributed by atoms with Crippen LogP contribution in [0.3, 0.4) is 0 Å². The minimum Gasteiger partial charge on any atom is -0.441 e. The topological polar surface area (TPSA) is 78.9 Å². The van der Waals surface area contributed by atoms with E-state index in [4.69, 9.17) is 4.42 Å². The highest BCUT2D eigenvalue weighted by molar-refractivity contribution is 5.97. The summed E-state index contributed by atoms with van der Waals surface area (Å²) in [5.74, 6) is 1.10. The number of nitriles is 1. The highest BCUT2D eigenvalue weighted by atomic mass is 19.1. The Kier molecular flexibility index (Phi) is 5.69. The van der Waals surface area contributed by atoms with Gasteiger partial charge in [0, 0.05) is 17.0 Å². The van der Waals surface area contributed by atoms with E-state index in [1.807, 2.05) is 25.1 Å². The first-order valence-electron chi connectivity index (χ1n) is 11.2. The molecule has 5 rings (SSSR count). The number of carbonyl (C=O) groups excluding carboxylic acids is 1. The van der Waals surface area contributed by atoms with Crippen molar-refractivity contribution in [2.45, 2.75) is 31.7 Å². The van der Waals surface area contributed by atoms with E-state index in [0.29, 0.717) is 28.5 Å². The van der Waals surface area contributed by atoms with Crippen LogP contribution in [-0.2, 0) is 0 Å². The zero-order chi connectivity index (χ0) is 23.7. The maximum absolute atomic E-state index is 13.3. The second-order valence-corrected chi connectivity index (χ2v) is 8.55. The fraction of sp³-hybridized carbons (Fsp3) is 0.179. The van der Waals surface area contributed by atoms with Crippen molar-refractivity contribution < 1.29 is 13.6 Å². The van der Waals surface area contributed by atoms with Gasteiger partial charge in [-0.2, -0.15) is 5.26 Å². The van der Waals surface area contributed by atoms with Crippen LogP contribution < -0.4 is 5.32 Å². The zero-order valence-electron chi connectivity index (χ0n) is 18.6. The number of hydrogen-bond donors (Lipinski definition) is 1. The molecule has 1 heterocycles. The largest absolute Gasteiger partial charge is 0.441 e. The highest BCUT2D eigenvalue weighted by Crippen LogP contribution is 2.41. The van der Waals surface area contributed by atoms with Crippen molar-refractivity contribution in [1.29, 1.82) is 5.26 Å². The molecule has 4 aromatic rings. The van der Waals surface area contributed by atoms with Crippen LogP contribution in [0, 0.1) is 17.1 Å². The number of nitrogens with zero attached hydrogens (tertiary/aromatic N) is 2. The molecule has 1 amide bonds. The monoisotopic (exact) mass is 451 g/mol. The van der Waals surface area contributed by atoms with Gasteiger partial charge in [-0.3, -0.25) is 4.79 Å². The van der Waals surface area contributed by atoms with Crippen LogP contribution in [0.1, 0.15) is 59.0 Å². The van der Waals surface area contributed by atoms with Crippen LogP contribution in [0.15, 0.2) is 77.3 Å². The van der Waals surface area contributed by atoms with Crippen LogP contribution in [0.4, 0.5) is 4.39 Å². The van der Waals surface area contributed by atoms with E-state index in [-0.39, 0.29) is 17.8 Å². The van der Waals surface area contributed by atoms with Gasteiger partial charge in [-0.1, -0.05) is 30.3 Å². The molecule has 34 heavy (non-hydrogen) atoms. The van der Waals surface area contributed by atoms with Crippen molar-refractivity contribution in [2.75, 3.05) is 0 Å². The third kappa shape index (κ3) is 4.46. The molecule has 1 atom stereocenters. The number of benzene rings is 3. The molecule has 0 aliphatic heterocycles. The van der Waals surface area contributed by atoms with Gasteiger partial charge in [0.05, 0.1) is 23.9 Å². The number of amides is 1. The molecule has 0 bridgehead atoms. The molecule has 1 aromatic heterocycles. The average molecular weight is 452 g/mol. The van der Waals surface area contributed by atoms with Gasteiger partial charge < -0.3 is 9.73 Å². The standard InChI is InChI=1S/C28H22FN3O2/c1-17(18-8-10-24(29)11-9-18)32-27(33)22-12-21(25-5-3-2-4-20(25)15-30)13-23(14-22)28-31-16-26(34-28)19-6-7-19/h2-5,8-14,16-17,19H,6-7H2,1H3,(H,32,33). The first-order chi connectivity index (χ1) is 16.5. The molecule has 168 valence electrons. The summed E-state index contributed by atoms with van der Waals surface area (Å²) in [4.78, 5) is 17.7. The molecule has 0 spiro atoms. The van der Waals surface area contributed by atoms with Crippen LogP contribution in [-0.4, -0.2) is 10.9 Å². The molecule has 3 aromatic carbocycles. The number of rotatable bonds is 6. The molecular weight excluding hydrogens is 429 g/mol. The summed E-state index contributed by atoms with van der Waals surface area (Å²) in [7, 11) is 0. The number of aromatic nitrogens is 1. The third-order valence-electron chi connectivity index (χ3n) is 6.02. The van der Waals surface area contributed by atoms with Gasteiger partial charge in [-0.05, 0) is 72.9 Å². The second-order valence-electron chi connectivity index (χ2n) is 8.55. The number of carbonyl (C=O) groups is 1. The molecule has 1 saturated carbocycles. The Morgan fingerprint density at radius 3 is 2.59 bits per heavy atom. The lowest BCUT2D eigenvalue weighted by Gasteiger charge is -2.16. The van der Waals surface area contributed by atoms with E-state index >= 15 is 0 Å². The molecule has 5 nitrogen and oxygen atoms in total. The minimum absolute atomic E-state index is 0.289. The van der Waals surface area contributed by atoms with Crippen LogP contribution in [0.2, 0.25) is 0 Å². The van der Waals surface area contributed by atoms with Crippen LogP contribution in [0.25, 0.3) is 22.6 Å². The van der Waals surface area contributed by atoms with Gasteiger partial charge in [0.1, 0.15) is 11.6 Å². The minimum atomic E-state index is -0.327. The number of hydrogen-bond acceptors (Lipinski definition) is 4. The summed E-state index contributed by atoms with van der Waals surface area (Å²) in [6, 6.07) is 20.6. The lowest BCUT2D eigenvalue weighted by molar-refractivity contribution is 0.0940. The number of halogens is 1. The van der Waals surface area contributed by atoms with E-state index in [9.17, 15) is 14.4 Å². The van der Waals surface area contributed by atoms with Crippen molar-refractivity contribution in [2.24, 2.45) is 0 Å². The Bertz CT molecular complexity index is 1400. The first-order valence-corrected chi connectivity index (χ1v) is 11.2. The molecule has 0 radical (unpaired) electrons. The van der Waals surface area contributed by atoms with Crippen molar-refractivity contribution in [3.8, 4) is 28.7 Å². The second kappa shape index (κ2) is 8.95. The molecule has 1 fully saturated rings. The van der Waals surface area contributed by atoms with Gasteiger partial charge >= 0.3 is 0 Å². The molecule has 1 aliphatic rings. The maximum Gasteiger partial charge on any atom is 0.251 e. The van der Waals surface area contributed by atoms with E-state index in [1.165, 1.54) is 12.1 Å². The van der Waals surface area contributed by atoms with Gasteiger partial charge in [-0.25, -0.2) is 9.37 Å². The Balaban J connectivity index is 1.53. The summed E-state index contributed by atoms with van der Waals surface area (Å²) in [5, 5.41) is 12.6. The number of nitrogens with one attached hydrogen (secondary N) is 1. The third-order valence-corrected chi connectivity index (χ3v) is 6.02. The highest BCUT2D eigenvalue weighted by Gasteiger charge is 2.28. The fourth-order valence-corrected chi connectivity index (χ4v) is 3.96. The van der Waals surface area contributed by atoms with E-state index < -0.39 is 0 Å². The number of oxazole rings is 1. The SMILES string of the molecule is CC(NC(=O)c1cc(-c2ncc(C3CC3)o2)cc(-c2ccccc2C#N)c1)c1ccc(F)cc1. The maximum atomic E-state index is 13.3. The predicted molar refractivity (Wildman–Crippen MR) is 126 cm³/mol. The summed E-state index contributed by atoms with van der Waals surface area (Å²) < 4.78 is 19.3. The normalized spacial score (nSPS) is 13.8. The summed E-state index contributed by atoms with van der Waals surface area (Å²) in [6.07, 6.45) is 3.94. The van der Waals surface area contributed by atoms with E-state index in [1.54, 1.807) is 42.6 Å². The Hall–Kier alpha value is -4.24. The van der Waals surface area contributed by atoms with Crippen molar-refractivity contribution in [3.63, 3.8) is 0 Å².